The highest BCUT2D eigenvalue weighted by Gasteiger charge is 2.26. The average Bonchev–Trinajstić information content (AvgIpc) is 2.73. The van der Waals surface area contributed by atoms with Gasteiger partial charge in [0, 0.05) is 12.6 Å². The summed E-state index contributed by atoms with van der Waals surface area (Å²) in [6, 6.07) is 0.413. The van der Waals surface area contributed by atoms with Gasteiger partial charge in [0.2, 0.25) is 0 Å². The van der Waals surface area contributed by atoms with Crippen LogP contribution < -0.4 is 16.5 Å². The maximum absolute atomic E-state index is 6.48. The molecule has 5 unspecified atom stereocenters. The summed E-state index contributed by atoms with van der Waals surface area (Å²) in [4.78, 5) is 4.74. The molecule has 5 atom stereocenters. The molecule has 3 aliphatic rings. The number of hydrogen-bond acceptors (Lipinski definition) is 4. The number of nitrogens with zero attached hydrogens (tertiary/aromatic N) is 2. The predicted molar refractivity (Wildman–Crippen MR) is 114 cm³/mol. The second-order valence-electron chi connectivity index (χ2n) is 7.89. The number of hydrogen-bond donors (Lipinski definition) is 3. The van der Waals surface area contributed by atoms with Crippen molar-refractivity contribution in [3.63, 3.8) is 0 Å². The van der Waals surface area contributed by atoms with Crippen LogP contribution >= 0.6 is 11.6 Å². The second kappa shape index (κ2) is 10.3. The molecule has 1 heterocycles. The van der Waals surface area contributed by atoms with E-state index in [2.05, 4.69) is 47.9 Å². The Morgan fingerprint density at radius 2 is 2.22 bits per heavy atom. The average molecular weight is 392 g/mol. The number of hydrazine groups is 1. The summed E-state index contributed by atoms with van der Waals surface area (Å²) in [6.45, 7) is 2.96. The van der Waals surface area contributed by atoms with E-state index in [1.165, 1.54) is 19.3 Å². The molecule has 2 aliphatic carbocycles. The summed E-state index contributed by atoms with van der Waals surface area (Å²) < 4.78 is 0. The lowest BCUT2D eigenvalue weighted by molar-refractivity contribution is 0.119. The van der Waals surface area contributed by atoms with Crippen LogP contribution in [0.3, 0.4) is 0 Å². The molecule has 6 heteroatoms. The van der Waals surface area contributed by atoms with E-state index in [9.17, 15) is 0 Å². The maximum atomic E-state index is 6.48. The fourth-order valence-corrected chi connectivity index (χ4v) is 4.61. The van der Waals surface area contributed by atoms with E-state index in [4.69, 9.17) is 22.4 Å². The Kier molecular flexibility index (Phi) is 7.80. The molecule has 0 fully saturated rings. The monoisotopic (exact) mass is 391 g/mol. The first-order valence-corrected chi connectivity index (χ1v) is 10.8. The minimum absolute atomic E-state index is 0.0239. The minimum atomic E-state index is -0.0239. The SMILES string of the molecule is CCC(NC(Cl)=NC1C=CCC(C2C=CCCC2)C1)N(N)C1CC=CNC1. The Bertz CT molecular complexity index is 585. The molecule has 5 nitrogen and oxygen atoms in total. The zero-order chi connectivity index (χ0) is 19.1. The van der Waals surface area contributed by atoms with Crippen molar-refractivity contribution in [1.29, 1.82) is 0 Å². The number of aliphatic imine (C=N–C) groups is 1. The van der Waals surface area contributed by atoms with E-state index in [0.717, 1.165) is 32.2 Å². The molecule has 150 valence electrons. The van der Waals surface area contributed by atoms with Crippen molar-refractivity contribution < 1.29 is 0 Å². The summed E-state index contributed by atoms with van der Waals surface area (Å²) in [5.74, 6) is 7.74. The number of amidine groups is 1. The van der Waals surface area contributed by atoms with Gasteiger partial charge in [0.1, 0.15) is 0 Å². The molecule has 0 spiro atoms. The summed E-state index contributed by atoms with van der Waals surface area (Å²) in [5.41, 5.74) is 0. The first kappa shape index (κ1) is 20.4. The molecule has 0 aromatic heterocycles. The van der Waals surface area contributed by atoms with Crippen molar-refractivity contribution >= 4 is 16.9 Å². The third-order valence-electron chi connectivity index (χ3n) is 5.97. The van der Waals surface area contributed by atoms with Crippen LogP contribution in [0.25, 0.3) is 0 Å². The molecule has 0 bridgehead atoms. The number of nitrogens with one attached hydrogen (secondary N) is 2. The third kappa shape index (κ3) is 5.84. The van der Waals surface area contributed by atoms with Crippen LogP contribution in [0.4, 0.5) is 0 Å². The maximum Gasteiger partial charge on any atom is 0.193 e. The van der Waals surface area contributed by atoms with Gasteiger partial charge in [0.05, 0.1) is 12.2 Å². The van der Waals surface area contributed by atoms with Gasteiger partial charge in [-0.1, -0.05) is 37.3 Å². The molecule has 3 rings (SSSR count). The van der Waals surface area contributed by atoms with Gasteiger partial charge in [0.25, 0.3) is 0 Å². The molecular formula is C21H34ClN5. The number of halogens is 1. The Hall–Kier alpha value is -1.30. The van der Waals surface area contributed by atoms with E-state index in [0.29, 0.717) is 17.1 Å². The summed E-state index contributed by atoms with van der Waals surface area (Å²) in [6.07, 6.45) is 21.2. The Morgan fingerprint density at radius 1 is 1.33 bits per heavy atom. The van der Waals surface area contributed by atoms with Gasteiger partial charge in [-0.3, -0.25) is 10.8 Å². The van der Waals surface area contributed by atoms with Crippen LogP contribution in [0.2, 0.25) is 0 Å². The topological polar surface area (TPSA) is 65.7 Å². The quantitative estimate of drug-likeness (QED) is 0.123. The highest BCUT2D eigenvalue weighted by molar-refractivity contribution is 6.64. The van der Waals surface area contributed by atoms with Crippen LogP contribution in [0.15, 0.2) is 41.6 Å². The zero-order valence-electron chi connectivity index (χ0n) is 16.4. The van der Waals surface area contributed by atoms with Gasteiger partial charge in [-0.25, -0.2) is 5.01 Å². The van der Waals surface area contributed by atoms with Gasteiger partial charge in [-0.05, 0) is 74.6 Å². The number of rotatable bonds is 6. The van der Waals surface area contributed by atoms with Crippen LogP contribution in [0.1, 0.15) is 51.9 Å². The minimum Gasteiger partial charge on any atom is -0.390 e. The third-order valence-corrected chi connectivity index (χ3v) is 6.18. The van der Waals surface area contributed by atoms with E-state index >= 15 is 0 Å². The van der Waals surface area contributed by atoms with Crippen molar-refractivity contribution in [1.82, 2.24) is 15.6 Å². The first-order valence-electron chi connectivity index (χ1n) is 10.4. The van der Waals surface area contributed by atoms with E-state index in [1.54, 1.807) is 0 Å². The lowest BCUT2D eigenvalue weighted by Crippen LogP contribution is -2.57. The van der Waals surface area contributed by atoms with Crippen LogP contribution in [-0.4, -0.2) is 35.1 Å². The highest BCUT2D eigenvalue weighted by Crippen LogP contribution is 2.33. The van der Waals surface area contributed by atoms with Crippen LogP contribution in [-0.2, 0) is 0 Å². The van der Waals surface area contributed by atoms with Crippen LogP contribution in [0, 0.1) is 11.8 Å². The molecular weight excluding hydrogens is 358 g/mol. The highest BCUT2D eigenvalue weighted by atomic mass is 35.5. The van der Waals surface area contributed by atoms with Gasteiger partial charge in [0.15, 0.2) is 5.29 Å². The van der Waals surface area contributed by atoms with Crippen LogP contribution in [0.5, 0.6) is 0 Å². The fraction of sp³-hybridized carbons (Fsp3) is 0.667. The standard InChI is InChI=1S/C21H34ClN5/c1-2-20(27(23)19-12-7-13-24-15-19)26-21(22)25-18-11-6-10-17(14-18)16-8-4-3-5-9-16/h4,6-8,11,13,16-20,24H,2-3,5,9-10,12,14-15,23H2,1H3,(H,25,26). The summed E-state index contributed by atoms with van der Waals surface area (Å²) in [7, 11) is 0. The summed E-state index contributed by atoms with van der Waals surface area (Å²) in [5, 5.41) is 8.90. The second-order valence-corrected chi connectivity index (χ2v) is 8.24. The van der Waals surface area contributed by atoms with Crippen molar-refractivity contribution in [2.24, 2.45) is 22.7 Å². The molecule has 0 amide bonds. The first-order chi connectivity index (χ1) is 13.2. The molecule has 0 aromatic carbocycles. The number of allylic oxidation sites excluding steroid dienone is 3. The van der Waals surface area contributed by atoms with Crippen molar-refractivity contribution in [3.05, 3.63) is 36.6 Å². The number of nitrogens with two attached hydrogens (primary N) is 1. The zero-order valence-corrected chi connectivity index (χ0v) is 17.1. The Morgan fingerprint density at radius 3 is 2.93 bits per heavy atom. The van der Waals surface area contributed by atoms with Gasteiger partial charge >= 0.3 is 0 Å². The van der Waals surface area contributed by atoms with Crippen molar-refractivity contribution in [2.75, 3.05) is 6.54 Å². The largest absolute Gasteiger partial charge is 0.390 e. The lowest BCUT2D eigenvalue weighted by atomic mass is 9.77. The van der Waals surface area contributed by atoms with Crippen molar-refractivity contribution in [3.8, 4) is 0 Å². The molecule has 27 heavy (non-hydrogen) atoms. The van der Waals surface area contributed by atoms with E-state index in [-0.39, 0.29) is 18.2 Å². The molecule has 4 N–H and O–H groups in total. The van der Waals surface area contributed by atoms with E-state index < -0.39 is 0 Å². The molecule has 0 aromatic rings. The Balaban J connectivity index is 1.56. The molecule has 0 radical (unpaired) electrons. The van der Waals surface area contributed by atoms with E-state index in [1.807, 2.05) is 11.2 Å². The van der Waals surface area contributed by atoms with Gasteiger partial charge < -0.3 is 10.6 Å². The molecule has 0 saturated carbocycles. The smallest absolute Gasteiger partial charge is 0.193 e. The lowest BCUT2D eigenvalue weighted by Gasteiger charge is -2.35. The van der Waals surface area contributed by atoms with Gasteiger partial charge in [-0.2, -0.15) is 0 Å². The molecule has 1 aliphatic heterocycles. The predicted octanol–water partition coefficient (Wildman–Crippen LogP) is 3.65. The summed E-state index contributed by atoms with van der Waals surface area (Å²) >= 11 is 6.48. The normalized spacial score (nSPS) is 32.4. The fourth-order valence-electron chi connectivity index (χ4n) is 4.36. The Labute approximate surface area is 168 Å². The molecule has 0 saturated heterocycles. The van der Waals surface area contributed by atoms with Gasteiger partial charge in [-0.15, -0.1) is 0 Å². The van der Waals surface area contributed by atoms with Crippen molar-refractivity contribution in [2.45, 2.75) is 70.1 Å².